The van der Waals surface area contributed by atoms with Crippen molar-refractivity contribution in [2.75, 3.05) is 18.4 Å². The number of anilines is 1. The van der Waals surface area contributed by atoms with Crippen molar-refractivity contribution in [3.8, 4) is 0 Å². The SMILES string of the molecule is Cc1ccc(CC(=O)N2CCC(C(=O)Nc3cccc(F)c3)CC2)cc1. The standard InChI is InChI=1S/C21H23FN2O2/c1-15-5-7-16(8-6-15)13-20(25)24-11-9-17(10-12-24)21(26)23-19-4-2-3-18(22)14-19/h2-8,14,17H,9-13H2,1H3,(H,23,26). The molecular weight excluding hydrogens is 331 g/mol. The highest BCUT2D eigenvalue weighted by Gasteiger charge is 2.27. The van der Waals surface area contributed by atoms with Crippen LogP contribution in [-0.4, -0.2) is 29.8 Å². The van der Waals surface area contributed by atoms with Crippen LogP contribution in [0, 0.1) is 18.7 Å². The van der Waals surface area contributed by atoms with Crippen LogP contribution in [0.1, 0.15) is 24.0 Å². The topological polar surface area (TPSA) is 49.4 Å². The van der Waals surface area contributed by atoms with E-state index in [2.05, 4.69) is 5.32 Å². The molecule has 5 heteroatoms. The van der Waals surface area contributed by atoms with Gasteiger partial charge in [0.2, 0.25) is 11.8 Å². The molecule has 1 heterocycles. The lowest BCUT2D eigenvalue weighted by molar-refractivity contribution is -0.133. The van der Waals surface area contributed by atoms with Crippen molar-refractivity contribution in [1.82, 2.24) is 4.90 Å². The molecule has 0 bridgehead atoms. The Labute approximate surface area is 153 Å². The van der Waals surface area contributed by atoms with Gasteiger partial charge in [0.1, 0.15) is 5.82 Å². The number of carbonyl (C=O) groups is 2. The molecule has 1 aliphatic heterocycles. The lowest BCUT2D eigenvalue weighted by Gasteiger charge is -2.31. The molecule has 0 spiro atoms. The molecule has 2 aromatic rings. The maximum absolute atomic E-state index is 13.2. The highest BCUT2D eigenvalue weighted by molar-refractivity contribution is 5.92. The number of likely N-dealkylation sites (tertiary alicyclic amines) is 1. The molecule has 0 saturated carbocycles. The number of aryl methyl sites for hydroxylation is 1. The second-order valence-electron chi connectivity index (χ2n) is 6.82. The minimum Gasteiger partial charge on any atom is -0.342 e. The van der Waals surface area contributed by atoms with Crippen LogP contribution in [0.3, 0.4) is 0 Å². The largest absolute Gasteiger partial charge is 0.342 e. The maximum atomic E-state index is 13.2. The molecule has 0 aromatic heterocycles. The Bertz CT molecular complexity index is 781. The summed E-state index contributed by atoms with van der Waals surface area (Å²) in [5.74, 6) is -0.542. The smallest absolute Gasteiger partial charge is 0.227 e. The van der Waals surface area contributed by atoms with Crippen LogP contribution >= 0.6 is 0 Å². The summed E-state index contributed by atoms with van der Waals surface area (Å²) < 4.78 is 13.2. The van der Waals surface area contributed by atoms with Gasteiger partial charge < -0.3 is 10.2 Å². The number of rotatable bonds is 4. The summed E-state index contributed by atoms with van der Waals surface area (Å²) >= 11 is 0. The monoisotopic (exact) mass is 354 g/mol. The minimum atomic E-state index is -0.376. The average molecular weight is 354 g/mol. The van der Waals surface area contributed by atoms with Crippen LogP contribution in [0.25, 0.3) is 0 Å². The first kappa shape index (κ1) is 18.1. The Morgan fingerprint density at radius 3 is 2.46 bits per heavy atom. The fraction of sp³-hybridized carbons (Fsp3) is 0.333. The van der Waals surface area contributed by atoms with Crippen molar-refractivity contribution in [1.29, 1.82) is 0 Å². The van der Waals surface area contributed by atoms with Crippen molar-refractivity contribution >= 4 is 17.5 Å². The molecule has 3 rings (SSSR count). The first-order valence-corrected chi connectivity index (χ1v) is 8.91. The van der Waals surface area contributed by atoms with Crippen LogP contribution in [0.5, 0.6) is 0 Å². The van der Waals surface area contributed by atoms with E-state index in [-0.39, 0.29) is 23.5 Å². The van der Waals surface area contributed by atoms with E-state index in [4.69, 9.17) is 0 Å². The lowest BCUT2D eigenvalue weighted by atomic mass is 9.95. The second kappa shape index (κ2) is 8.13. The highest BCUT2D eigenvalue weighted by atomic mass is 19.1. The van der Waals surface area contributed by atoms with E-state index in [1.807, 2.05) is 36.1 Å². The first-order chi connectivity index (χ1) is 12.5. The average Bonchev–Trinajstić information content (AvgIpc) is 2.64. The summed E-state index contributed by atoms with van der Waals surface area (Å²) in [5, 5.41) is 2.76. The number of nitrogens with zero attached hydrogens (tertiary/aromatic N) is 1. The van der Waals surface area contributed by atoms with Crippen LogP contribution in [0.2, 0.25) is 0 Å². The number of amides is 2. The maximum Gasteiger partial charge on any atom is 0.227 e. The highest BCUT2D eigenvalue weighted by Crippen LogP contribution is 2.20. The zero-order valence-corrected chi connectivity index (χ0v) is 14.9. The van der Waals surface area contributed by atoms with Gasteiger partial charge in [-0.05, 0) is 43.5 Å². The zero-order chi connectivity index (χ0) is 18.5. The van der Waals surface area contributed by atoms with Gasteiger partial charge in [-0.15, -0.1) is 0 Å². The minimum absolute atomic E-state index is 0.0952. The zero-order valence-electron chi connectivity index (χ0n) is 14.9. The molecule has 0 radical (unpaired) electrons. The van der Waals surface area contributed by atoms with Gasteiger partial charge in [-0.2, -0.15) is 0 Å². The van der Waals surface area contributed by atoms with E-state index in [9.17, 15) is 14.0 Å². The first-order valence-electron chi connectivity index (χ1n) is 8.91. The summed E-state index contributed by atoms with van der Waals surface area (Å²) in [6.07, 6.45) is 1.64. The third kappa shape index (κ3) is 4.69. The van der Waals surface area contributed by atoms with E-state index in [1.165, 1.54) is 17.7 Å². The van der Waals surface area contributed by atoms with Gasteiger partial charge >= 0.3 is 0 Å². The molecule has 0 atom stereocenters. The third-order valence-corrected chi connectivity index (χ3v) is 4.79. The summed E-state index contributed by atoms with van der Waals surface area (Å²) in [7, 11) is 0. The van der Waals surface area contributed by atoms with E-state index in [0.29, 0.717) is 38.0 Å². The number of hydrogen-bond donors (Lipinski definition) is 1. The number of hydrogen-bond acceptors (Lipinski definition) is 2. The van der Waals surface area contributed by atoms with Gasteiger partial charge in [-0.25, -0.2) is 4.39 Å². The summed E-state index contributed by atoms with van der Waals surface area (Å²) in [6, 6.07) is 13.8. The number of carbonyl (C=O) groups excluding carboxylic acids is 2. The Kier molecular flexibility index (Phi) is 5.66. The Hall–Kier alpha value is -2.69. The molecule has 2 amide bonds. The van der Waals surface area contributed by atoms with Gasteiger partial charge in [0, 0.05) is 24.7 Å². The predicted molar refractivity (Wildman–Crippen MR) is 99.2 cm³/mol. The number of benzene rings is 2. The second-order valence-corrected chi connectivity index (χ2v) is 6.82. The summed E-state index contributed by atoms with van der Waals surface area (Å²) in [4.78, 5) is 26.6. The Morgan fingerprint density at radius 2 is 1.81 bits per heavy atom. The molecule has 1 N–H and O–H groups in total. The molecule has 1 fully saturated rings. The van der Waals surface area contributed by atoms with Crippen molar-refractivity contribution in [3.63, 3.8) is 0 Å². The van der Waals surface area contributed by atoms with Gasteiger partial charge in [-0.1, -0.05) is 35.9 Å². The number of piperidine rings is 1. The Balaban J connectivity index is 1.49. The van der Waals surface area contributed by atoms with Crippen molar-refractivity contribution < 1.29 is 14.0 Å². The van der Waals surface area contributed by atoms with Gasteiger partial charge in [0.25, 0.3) is 0 Å². The van der Waals surface area contributed by atoms with E-state index < -0.39 is 0 Å². The number of nitrogens with one attached hydrogen (secondary N) is 1. The van der Waals surface area contributed by atoms with Crippen molar-refractivity contribution in [2.24, 2.45) is 5.92 Å². The molecule has 0 aliphatic carbocycles. The van der Waals surface area contributed by atoms with Crippen molar-refractivity contribution in [2.45, 2.75) is 26.2 Å². The van der Waals surface area contributed by atoms with Gasteiger partial charge in [-0.3, -0.25) is 9.59 Å². The molecule has 1 saturated heterocycles. The number of halogens is 1. The quantitative estimate of drug-likeness (QED) is 0.913. The van der Waals surface area contributed by atoms with E-state index in [0.717, 1.165) is 5.56 Å². The summed E-state index contributed by atoms with van der Waals surface area (Å²) in [6.45, 7) is 3.17. The lowest BCUT2D eigenvalue weighted by Crippen LogP contribution is -2.42. The van der Waals surface area contributed by atoms with Crippen LogP contribution in [-0.2, 0) is 16.0 Å². The van der Waals surface area contributed by atoms with Gasteiger partial charge in [0.05, 0.1) is 6.42 Å². The molecule has 1 aliphatic rings. The molecule has 4 nitrogen and oxygen atoms in total. The van der Waals surface area contributed by atoms with Crippen LogP contribution in [0.15, 0.2) is 48.5 Å². The molecule has 0 unspecified atom stereocenters. The third-order valence-electron chi connectivity index (χ3n) is 4.79. The molecule has 2 aromatic carbocycles. The van der Waals surface area contributed by atoms with E-state index >= 15 is 0 Å². The van der Waals surface area contributed by atoms with Crippen molar-refractivity contribution in [3.05, 3.63) is 65.5 Å². The fourth-order valence-corrected chi connectivity index (χ4v) is 3.19. The predicted octanol–water partition coefficient (Wildman–Crippen LogP) is 3.55. The molecule has 26 heavy (non-hydrogen) atoms. The summed E-state index contributed by atoms with van der Waals surface area (Å²) in [5.41, 5.74) is 2.64. The molecular formula is C21H23FN2O2. The van der Waals surface area contributed by atoms with Crippen LogP contribution in [0.4, 0.5) is 10.1 Å². The Morgan fingerprint density at radius 1 is 1.12 bits per heavy atom. The van der Waals surface area contributed by atoms with Gasteiger partial charge in [0.15, 0.2) is 0 Å². The molecule has 136 valence electrons. The van der Waals surface area contributed by atoms with Crippen LogP contribution < -0.4 is 5.32 Å². The fourth-order valence-electron chi connectivity index (χ4n) is 3.19. The van der Waals surface area contributed by atoms with E-state index in [1.54, 1.807) is 12.1 Å². The normalized spacial score (nSPS) is 14.9.